The molecule has 3 rings (SSSR count). The molecule has 1 fully saturated rings. The number of aromatic nitrogens is 2. The fourth-order valence-corrected chi connectivity index (χ4v) is 2.34. The third-order valence-corrected chi connectivity index (χ3v) is 3.68. The predicted molar refractivity (Wildman–Crippen MR) is 101 cm³/mol. The van der Waals surface area contributed by atoms with Gasteiger partial charge in [-0.2, -0.15) is 4.98 Å². The zero-order valence-corrected chi connectivity index (χ0v) is 15.4. The molecule has 7 nitrogen and oxygen atoms in total. The number of hydrogen-bond donors (Lipinski definition) is 2. The van der Waals surface area contributed by atoms with Crippen molar-refractivity contribution in [3.8, 4) is 6.01 Å². The first-order valence-corrected chi connectivity index (χ1v) is 8.34. The van der Waals surface area contributed by atoms with Crippen LogP contribution in [-0.4, -0.2) is 40.2 Å². The predicted octanol–water partition coefficient (Wildman–Crippen LogP) is 1.92. The minimum absolute atomic E-state index is 0. The summed E-state index contributed by atoms with van der Waals surface area (Å²) in [5, 5.41) is 3.26. The standard InChI is InChI=1S/C15H17N3O2S.C2H6.2H2O/c21-13-4-2-1-3-11(13)9-17-14-5-7-16-15(18-14)20-12-6-8-19-10-12;1-2;;/h1-5,7,12,21H,6,8-10H2,(H,16,17,18);1-2H3;2*1H2. The van der Waals surface area contributed by atoms with Crippen LogP contribution in [0, 0.1) is 0 Å². The Morgan fingerprint density at radius 2 is 2.00 bits per heavy atom. The molecule has 1 atom stereocenters. The molecule has 2 aromatic rings. The summed E-state index contributed by atoms with van der Waals surface area (Å²) in [6, 6.07) is 10.2. The summed E-state index contributed by atoms with van der Waals surface area (Å²) in [4.78, 5) is 9.44. The van der Waals surface area contributed by atoms with E-state index in [1.54, 1.807) is 6.20 Å². The average molecular weight is 369 g/mol. The normalized spacial score (nSPS) is 15.1. The molecule has 0 spiro atoms. The van der Waals surface area contributed by atoms with Gasteiger partial charge in [-0.25, -0.2) is 4.98 Å². The van der Waals surface area contributed by atoms with E-state index < -0.39 is 0 Å². The zero-order valence-electron chi connectivity index (χ0n) is 14.5. The Balaban J connectivity index is 0.00000139. The van der Waals surface area contributed by atoms with E-state index in [1.807, 2.05) is 44.2 Å². The second kappa shape index (κ2) is 12.5. The molecule has 0 amide bonds. The van der Waals surface area contributed by atoms with Crippen molar-refractivity contribution in [3.63, 3.8) is 0 Å². The summed E-state index contributed by atoms with van der Waals surface area (Å²) in [5.74, 6) is 0.732. The molecule has 0 aliphatic carbocycles. The van der Waals surface area contributed by atoms with Crippen molar-refractivity contribution < 1.29 is 20.4 Å². The van der Waals surface area contributed by atoms with Crippen LogP contribution in [0.15, 0.2) is 41.4 Å². The number of hydrogen-bond acceptors (Lipinski definition) is 6. The molecular formula is C17H27N3O4S. The molecule has 1 saturated heterocycles. The van der Waals surface area contributed by atoms with Gasteiger partial charge >= 0.3 is 6.01 Å². The molecule has 0 saturated carbocycles. The number of rotatable bonds is 5. The number of nitrogens with zero attached hydrogens (tertiary/aromatic N) is 2. The molecule has 2 heterocycles. The monoisotopic (exact) mass is 369 g/mol. The highest BCUT2D eigenvalue weighted by molar-refractivity contribution is 7.80. The van der Waals surface area contributed by atoms with E-state index in [0.717, 1.165) is 29.3 Å². The minimum Gasteiger partial charge on any atom is -0.458 e. The van der Waals surface area contributed by atoms with Gasteiger partial charge in [0.1, 0.15) is 11.9 Å². The van der Waals surface area contributed by atoms with E-state index in [2.05, 4.69) is 27.9 Å². The molecule has 1 aromatic carbocycles. The topological polar surface area (TPSA) is 119 Å². The van der Waals surface area contributed by atoms with Crippen molar-refractivity contribution in [1.82, 2.24) is 9.97 Å². The lowest BCUT2D eigenvalue weighted by atomic mass is 10.2. The smallest absolute Gasteiger partial charge is 0.318 e. The van der Waals surface area contributed by atoms with Crippen LogP contribution < -0.4 is 10.1 Å². The summed E-state index contributed by atoms with van der Waals surface area (Å²) < 4.78 is 11.0. The fraction of sp³-hybridized carbons (Fsp3) is 0.412. The molecule has 5 N–H and O–H groups in total. The highest BCUT2D eigenvalue weighted by atomic mass is 32.1. The second-order valence-electron chi connectivity index (χ2n) is 4.81. The second-order valence-corrected chi connectivity index (χ2v) is 5.29. The highest BCUT2D eigenvalue weighted by Crippen LogP contribution is 2.17. The first-order chi connectivity index (χ1) is 11.3. The van der Waals surface area contributed by atoms with E-state index >= 15 is 0 Å². The SMILES string of the molecule is CC.O.O.Sc1ccccc1CNc1ccnc(OC2CCOC2)n1. The van der Waals surface area contributed by atoms with E-state index in [0.29, 0.717) is 19.2 Å². The van der Waals surface area contributed by atoms with Gasteiger partial charge in [-0.05, 0) is 17.7 Å². The van der Waals surface area contributed by atoms with Crippen LogP contribution in [-0.2, 0) is 11.3 Å². The lowest BCUT2D eigenvalue weighted by Gasteiger charge is -2.11. The van der Waals surface area contributed by atoms with Gasteiger partial charge in [0.2, 0.25) is 0 Å². The van der Waals surface area contributed by atoms with Crippen molar-refractivity contribution in [1.29, 1.82) is 0 Å². The third-order valence-electron chi connectivity index (χ3n) is 3.25. The maximum atomic E-state index is 5.69. The number of nitrogens with one attached hydrogen (secondary N) is 1. The Morgan fingerprint density at radius 1 is 1.24 bits per heavy atom. The highest BCUT2D eigenvalue weighted by Gasteiger charge is 2.18. The van der Waals surface area contributed by atoms with Gasteiger partial charge in [-0.3, -0.25) is 0 Å². The van der Waals surface area contributed by atoms with Crippen LogP contribution in [0.25, 0.3) is 0 Å². The van der Waals surface area contributed by atoms with E-state index in [-0.39, 0.29) is 17.1 Å². The molecule has 1 aliphatic rings. The molecular weight excluding hydrogens is 342 g/mol. The Bertz CT molecular complexity index is 610. The molecule has 25 heavy (non-hydrogen) atoms. The largest absolute Gasteiger partial charge is 0.458 e. The molecule has 1 aliphatic heterocycles. The van der Waals surface area contributed by atoms with Gasteiger partial charge in [0, 0.05) is 24.1 Å². The zero-order chi connectivity index (χ0) is 16.5. The average Bonchev–Trinajstić information content (AvgIpc) is 3.09. The Hall–Kier alpha value is -1.87. The number of benzene rings is 1. The van der Waals surface area contributed by atoms with Crippen LogP contribution in [0.3, 0.4) is 0 Å². The maximum Gasteiger partial charge on any atom is 0.318 e. The molecule has 1 unspecified atom stereocenters. The fourth-order valence-electron chi connectivity index (χ4n) is 2.10. The lowest BCUT2D eigenvalue weighted by Crippen LogP contribution is -2.17. The van der Waals surface area contributed by atoms with Gasteiger partial charge in [0.25, 0.3) is 0 Å². The molecule has 140 valence electrons. The minimum atomic E-state index is 0. The third kappa shape index (κ3) is 7.27. The number of anilines is 1. The van der Waals surface area contributed by atoms with Crippen molar-refractivity contribution in [3.05, 3.63) is 42.1 Å². The van der Waals surface area contributed by atoms with Crippen LogP contribution >= 0.6 is 12.6 Å². The van der Waals surface area contributed by atoms with Crippen molar-refractivity contribution in [2.75, 3.05) is 18.5 Å². The van der Waals surface area contributed by atoms with Crippen molar-refractivity contribution in [2.24, 2.45) is 0 Å². The van der Waals surface area contributed by atoms with Gasteiger partial charge < -0.3 is 25.7 Å². The molecule has 0 bridgehead atoms. The van der Waals surface area contributed by atoms with Gasteiger partial charge in [-0.15, -0.1) is 12.6 Å². The Kier molecular flexibility index (Phi) is 11.6. The maximum absolute atomic E-state index is 5.69. The number of thiol groups is 1. The van der Waals surface area contributed by atoms with Crippen molar-refractivity contribution >= 4 is 18.4 Å². The van der Waals surface area contributed by atoms with Crippen LogP contribution in [0.1, 0.15) is 25.8 Å². The summed E-state index contributed by atoms with van der Waals surface area (Å²) in [6.07, 6.45) is 2.62. The van der Waals surface area contributed by atoms with Gasteiger partial charge in [-0.1, -0.05) is 32.0 Å². The number of ether oxygens (including phenoxy) is 2. The molecule has 0 radical (unpaired) electrons. The van der Waals surface area contributed by atoms with Crippen LogP contribution in [0.4, 0.5) is 5.82 Å². The molecule has 1 aromatic heterocycles. The summed E-state index contributed by atoms with van der Waals surface area (Å²) in [5.41, 5.74) is 1.12. The van der Waals surface area contributed by atoms with E-state index in [1.165, 1.54) is 0 Å². The van der Waals surface area contributed by atoms with E-state index in [4.69, 9.17) is 9.47 Å². The lowest BCUT2D eigenvalue weighted by molar-refractivity contribution is 0.134. The Labute approximate surface area is 153 Å². The van der Waals surface area contributed by atoms with E-state index in [9.17, 15) is 0 Å². The van der Waals surface area contributed by atoms with Gasteiger partial charge in [0.05, 0.1) is 13.2 Å². The molecule has 8 heteroatoms. The van der Waals surface area contributed by atoms with Gasteiger partial charge in [0.15, 0.2) is 0 Å². The van der Waals surface area contributed by atoms with Crippen LogP contribution in [0.2, 0.25) is 0 Å². The summed E-state index contributed by atoms with van der Waals surface area (Å²) in [7, 11) is 0. The first-order valence-electron chi connectivity index (χ1n) is 7.89. The van der Waals surface area contributed by atoms with Crippen LogP contribution in [0.5, 0.6) is 6.01 Å². The Morgan fingerprint density at radius 3 is 2.68 bits per heavy atom. The first kappa shape index (κ1) is 23.1. The summed E-state index contributed by atoms with van der Waals surface area (Å²) in [6.45, 7) is 6.00. The summed E-state index contributed by atoms with van der Waals surface area (Å²) >= 11 is 4.43. The quantitative estimate of drug-likeness (QED) is 0.780. The van der Waals surface area contributed by atoms with Crippen molar-refractivity contribution in [2.45, 2.75) is 37.8 Å².